The van der Waals surface area contributed by atoms with Crippen LogP contribution in [-0.2, 0) is 28.9 Å². The number of carbonyl (C=O) groups excluding carboxylic acids is 2. The largest absolute Gasteiger partial charge is 0.466 e. The van der Waals surface area contributed by atoms with Crippen molar-refractivity contribution in [1.82, 2.24) is 20.0 Å². The van der Waals surface area contributed by atoms with Gasteiger partial charge in [-0.2, -0.15) is 5.10 Å². The molecule has 150 valence electrons. The summed E-state index contributed by atoms with van der Waals surface area (Å²) in [4.78, 5) is 26.5. The van der Waals surface area contributed by atoms with Crippen LogP contribution >= 0.6 is 0 Å². The van der Waals surface area contributed by atoms with Crippen molar-refractivity contribution in [2.24, 2.45) is 0 Å². The van der Waals surface area contributed by atoms with E-state index in [2.05, 4.69) is 17.3 Å². The van der Waals surface area contributed by atoms with Crippen molar-refractivity contribution < 1.29 is 14.3 Å². The summed E-state index contributed by atoms with van der Waals surface area (Å²) in [5, 5.41) is 8.14. The Balaban J connectivity index is 1.67. The van der Waals surface area contributed by atoms with E-state index in [1.54, 1.807) is 0 Å². The molecule has 1 atom stereocenters. The second kappa shape index (κ2) is 9.35. The first kappa shape index (κ1) is 19.9. The molecule has 27 heavy (non-hydrogen) atoms. The number of amides is 1. The third-order valence-electron chi connectivity index (χ3n) is 5.56. The zero-order valence-corrected chi connectivity index (χ0v) is 16.6. The molecule has 1 amide bonds. The second-order valence-corrected chi connectivity index (χ2v) is 7.39. The van der Waals surface area contributed by atoms with Crippen LogP contribution in [0.15, 0.2) is 0 Å². The summed E-state index contributed by atoms with van der Waals surface area (Å²) in [6.45, 7) is 7.39. The second-order valence-electron chi connectivity index (χ2n) is 7.39. The fourth-order valence-electron chi connectivity index (χ4n) is 4.15. The van der Waals surface area contributed by atoms with Crippen molar-refractivity contribution in [3.8, 4) is 0 Å². The summed E-state index contributed by atoms with van der Waals surface area (Å²) in [5.41, 5.74) is 2.96. The van der Waals surface area contributed by atoms with Gasteiger partial charge in [-0.1, -0.05) is 0 Å². The number of rotatable bonds is 7. The van der Waals surface area contributed by atoms with Crippen molar-refractivity contribution in [2.75, 3.05) is 26.2 Å². The van der Waals surface area contributed by atoms with Gasteiger partial charge in [0.1, 0.15) is 0 Å². The van der Waals surface area contributed by atoms with Crippen LogP contribution in [-0.4, -0.2) is 58.8 Å². The van der Waals surface area contributed by atoms with E-state index in [0.717, 1.165) is 57.3 Å². The normalized spacial score (nSPS) is 19.6. The van der Waals surface area contributed by atoms with Crippen molar-refractivity contribution >= 4 is 11.9 Å². The Kier molecular flexibility index (Phi) is 6.88. The van der Waals surface area contributed by atoms with Crippen molar-refractivity contribution in [2.45, 2.75) is 71.4 Å². The van der Waals surface area contributed by atoms with Crippen LogP contribution < -0.4 is 5.32 Å². The summed E-state index contributed by atoms with van der Waals surface area (Å²) in [6, 6.07) is 0.273. The Morgan fingerprint density at radius 1 is 1.22 bits per heavy atom. The molecule has 1 aromatic heterocycles. The molecule has 0 unspecified atom stereocenters. The molecule has 1 fully saturated rings. The van der Waals surface area contributed by atoms with E-state index in [1.165, 1.54) is 12.1 Å². The lowest BCUT2D eigenvalue weighted by Gasteiger charge is -2.27. The van der Waals surface area contributed by atoms with Gasteiger partial charge in [0.05, 0.1) is 13.0 Å². The number of esters is 1. The van der Waals surface area contributed by atoms with Crippen LogP contribution in [0.3, 0.4) is 0 Å². The van der Waals surface area contributed by atoms with Crippen LogP contribution in [0.25, 0.3) is 0 Å². The summed E-state index contributed by atoms with van der Waals surface area (Å²) >= 11 is 0. The molecule has 2 heterocycles. The lowest BCUT2D eigenvalue weighted by atomic mass is 9.91. The monoisotopic (exact) mass is 376 g/mol. The molecule has 3 rings (SSSR count). The lowest BCUT2D eigenvalue weighted by molar-refractivity contribution is -0.143. The van der Waals surface area contributed by atoms with Crippen molar-refractivity contribution in [3.63, 3.8) is 0 Å². The molecule has 1 aliphatic heterocycles. The Labute approximate surface area is 161 Å². The minimum absolute atomic E-state index is 0.0883. The Bertz CT molecular complexity index is 664. The minimum atomic E-state index is -0.165. The SMILES string of the molecule is CCOC(=O)CCN[C@@H]1CCc2c(c(C(=O)N3CCCCC3)nn2CC)C1. The van der Waals surface area contributed by atoms with Crippen LogP contribution in [0.4, 0.5) is 0 Å². The Morgan fingerprint density at radius 3 is 2.70 bits per heavy atom. The highest BCUT2D eigenvalue weighted by Gasteiger charge is 2.31. The molecule has 2 aliphatic rings. The first-order chi connectivity index (χ1) is 13.1. The Morgan fingerprint density at radius 2 is 2.00 bits per heavy atom. The molecular formula is C20H32N4O3. The maximum Gasteiger partial charge on any atom is 0.307 e. The number of piperidine rings is 1. The molecule has 7 nitrogen and oxygen atoms in total. The first-order valence-corrected chi connectivity index (χ1v) is 10.4. The van der Waals surface area contributed by atoms with Gasteiger partial charge in [-0.15, -0.1) is 0 Å². The van der Waals surface area contributed by atoms with E-state index in [9.17, 15) is 9.59 Å². The third-order valence-corrected chi connectivity index (χ3v) is 5.56. The highest BCUT2D eigenvalue weighted by molar-refractivity contribution is 5.94. The number of nitrogens with zero attached hydrogens (tertiary/aromatic N) is 3. The maximum atomic E-state index is 13.1. The van der Waals surface area contributed by atoms with Crippen molar-refractivity contribution in [1.29, 1.82) is 0 Å². The molecule has 0 bridgehead atoms. The number of aromatic nitrogens is 2. The average Bonchev–Trinajstić information content (AvgIpc) is 3.06. The maximum absolute atomic E-state index is 13.1. The zero-order chi connectivity index (χ0) is 19.2. The standard InChI is InChI=1S/C20H32N4O3/c1-3-24-17-9-8-15(21-11-10-18(25)27-4-2)14-16(17)19(22-24)20(26)23-12-6-5-7-13-23/h15,21H,3-14H2,1-2H3/t15-/m1/s1. The van der Waals surface area contributed by atoms with Crippen LogP contribution in [0.5, 0.6) is 0 Å². The molecule has 7 heteroatoms. The molecular weight excluding hydrogens is 344 g/mol. The number of carbonyl (C=O) groups is 2. The highest BCUT2D eigenvalue weighted by Crippen LogP contribution is 2.26. The summed E-state index contributed by atoms with van der Waals surface area (Å²) in [6.07, 6.45) is 6.47. The van der Waals surface area contributed by atoms with Gasteiger partial charge >= 0.3 is 5.97 Å². The van der Waals surface area contributed by atoms with Crippen LogP contribution in [0.1, 0.15) is 67.7 Å². The van der Waals surface area contributed by atoms with Gasteiger partial charge in [0.2, 0.25) is 0 Å². The molecule has 0 spiro atoms. The lowest BCUT2D eigenvalue weighted by Crippen LogP contribution is -2.38. The molecule has 1 aliphatic carbocycles. The third kappa shape index (κ3) is 4.69. The van der Waals surface area contributed by atoms with Crippen LogP contribution in [0, 0.1) is 0 Å². The number of hydrogen-bond donors (Lipinski definition) is 1. The molecule has 1 N–H and O–H groups in total. The molecule has 0 saturated carbocycles. The van der Waals surface area contributed by atoms with Crippen LogP contribution in [0.2, 0.25) is 0 Å². The molecule has 1 aromatic rings. The minimum Gasteiger partial charge on any atom is -0.466 e. The summed E-state index contributed by atoms with van der Waals surface area (Å²) in [7, 11) is 0. The predicted molar refractivity (Wildman–Crippen MR) is 103 cm³/mol. The van der Waals surface area contributed by atoms with Gasteiger partial charge in [0, 0.05) is 43.5 Å². The first-order valence-electron chi connectivity index (χ1n) is 10.4. The van der Waals surface area contributed by atoms with Gasteiger partial charge < -0.3 is 15.0 Å². The van der Waals surface area contributed by atoms with Gasteiger partial charge in [-0.3, -0.25) is 14.3 Å². The summed E-state index contributed by atoms with van der Waals surface area (Å²) in [5.74, 6) is -0.0772. The van der Waals surface area contributed by atoms with Gasteiger partial charge in [-0.05, 0) is 52.4 Å². The number of hydrogen-bond acceptors (Lipinski definition) is 5. The smallest absolute Gasteiger partial charge is 0.307 e. The molecule has 0 radical (unpaired) electrons. The fraction of sp³-hybridized carbons (Fsp3) is 0.750. The predicted octanol–water partition coefficient (Wildman–Crippen LogP) is 1.93. The number of likely N-dealkylation sites (tertiary alicyclic amines) is 1. The zero-order valence-electron chi connectivity index (χ0n) is 16.6. The van der Waals surface area contributed by atoms with E-state index in [-0.39, 0.29) is 17.9 Å². The van der Waals surface area contributed by atoms with Gasteiger partial charge in [-0.25, -0.2) is 0 Å². The number of aryl methyl sites for hydroxylation is 1. The average molecular weight is 377 g/mol. The van der Waals surface area contributed by atoms with Gasteiger partial charge in [0.15, 0.2) is 5.69 Å². The van der Waals surface area contributed by atoms with E-state index < -0.39 is 0 Å². The topological polar surface area (TPSA) is 76.5 Å². The molecule has 1 saturated heterocycles. The van der Waals surface area contributed by atoms with Crippen molar-refractivity contribution in [3.05, 3.63) is 17.0 Å². The van der Waals surface area contributed by atoms with Gasteiger partial charge in [0.25, 0.3) is 5.91 Å². The summed E-state index contributed by atoms with van der Waals surface area (Å²) < 4.78 is 6.98. The fourth-order valence-corrected chi connectivity index (χ4v) is 4.15. The van der Waals surface area contributed by atoms with E-state index in [0.29, 0.717) is 25.3 Å². The van der Waals surface area contributed by atoms with E-state index >= 15 is 0 Å². The number of nitrogens with one attached hydrogen (secondary N) is 1. The number of fused-ring (bicyclic) bond motifs is 1. The van der Waals surface area contributed by atoms with E-state index in [4.69, 9.17) is 4.74 Å². The van der Waals surface area contributed by atoms with E-state index in [1.807, 2.05) is 16.5 Å². The quantitative estimate of drug-likeness (QED) is 0.736. The number of ether oxygens (including phenoxy) is 1. The molecule has 0 aromatic carbocycles. The Hall–Kier alpha value is -1.89. The highest BCUT2D eigenvalue weighted by atomic mass is 16.5.